The van der Waals surface area contributed by atoms with Gasteiger partial charge in [0.05, 0.1) is 12.5 Å². The predicted molar refractivity (Wildman–Crippen MR) is 77.7 cm³/mol. The summed E-state index contributed by atoms with van der Waals surface area (Å²) >= 11 is 1.57. The number of carbonyl (C=O) groups is 1. The van der Waals surface area contributed by atoms with Crippen molar-refractivity contribution in [3.05, 3.63) is 46.4 Å². The standard InChI is InChI=1S/C15H16N2O2S/c1-17(9-14-16-6-7-20-14)15(18)12-8-11-4-2-3-5-13(11)19-10-12/h2-7,12H,8-10H2,1H3/t12-/m1/s1. The van der Waals surface area contributed by atoms with Crippen LogP contribution in [0.3, 0.4) is 0 Å². The zero-order valence-corrected chi connectivity index (χ0v) is 12.1. The van der Waals surface area contributed by atoms with Crippen molar-refractivity contribution < 1.29 is 9.53 Å². The van der Waals surface area contributed by atoms with Gasteiger partial charge in [-0.05, 0) is 18.1 Å². The van der Waals surface area contributed by atoms with Gasteiger partial charge in [0.2, 0.25) is 5.91 Å². The van der Waals surface area contributed by atoms with E-state index in [1.165, 1.54) is 0 Å². The highest BCUT2D eigenvalue weighted by molar-refractivity contribution is 7.09. The molecular formula is C15H16N2O2S. The number of rotatable bonds is 3. The fourth-order valence-corrected chi connectivity index (χ4v) is 3.08. The summed E-state index contributed by atoms with van der Waals surface area (Å²) in [5.74, 6) is 0.920. The second-order valence-electron chi connectivity index (χ2n) is 4.94. The summed E-state index contributed by atoms with van der Waals surface area (Å²) in [4.78, 5) is 18.4. The molecule has 1 aromatic heterocycles. The van der Waals surface area contributed by atoms with Crippen LogP contribution >= 0.6 is 11.3 Å². The second-order valence-corrected chi connectivity index (χ2v) is 5.92. The number of amides is 1. The number of hydrogen-bond acceptors (Lipinski definition) is 4. The van der Waals surface area contributed by atoms with Crippen LogP contribution in [-0.2, 0) is 17.8 Å². The molecule has 1 aliphatic rings. The molecule has 1 atom stereocenters. The molecule has 0 radical (unpaired) electrons. The quantitative estimate of drug-likeness (QED) is 0.870. The van der Waals surface area contributed by atoms with Crippen molar-refractivity contribution in [2.45, 2.75) is 13.0 Å². The summed E-state index contributed by atoms with van der Waals surface area (Å²) in [5, 5.41) is 2.88. The summed E-state index contributed by atoms with van der Waals surface area (Å²) in [5.41, 5.74) is 1.11. The van der Waals surface area contributed by atoms with Crippen molar-refractivity contribution in [2.75, 3.05) is 13.7 Å². The number of hydrogen-bond donors (Lipinski definition) is 0. The maximum atomic E-state index is 12.5. The van der Waals surface area contributed by atoms with E-state index in [4.69, 9.17) is 4.74 Å². The largest absolute Gasteiger partial charge is 0.492 e. The Bertz CT molecular complexity index is 598. The molecule has 1 aliphatic heterocycles. The molecule has 0 aliphatic carbocycles. The first kappa shape index (κ1) is 13.1. The molecule has 0 saturated heterocycles. The highest BCUT2D eigenvalue weighted by Gasteiger charge is 2.28. The minimum absolute atomic E-state index is 0.102. The van der Waals surface area contributed by atoms with E-state index < -0.39 is 0 Å². The van der Waals surface area contributed by atoms with Crippen LogP contribution in [0.5, 0.6) is 5.75 Å². The molecule has 2 aromatic rings. The van der Waals surface area contributed by atoms with E-state index >= 15 is 0 Å². The van der Waals surface area contributed by atoms with E-state index in [9.17, 15) is 4.79 Å². The van der Waals surface area contributed by atoms with Crippen LogP contribution < -0.4 is 4.74 Å². The Balaban J connectivity index is 1.66. The van der Waals surface area contributed by atoms with Crippen LogP contribution in [0.15, 0.2) is 35.8 Å². The van der Waals surface area contributed by atoms with Crippen LogP contribution in [0, 0.1) is 5.92 Å². The number of ether oxygens (including phenoxy) is 1. The number of thiazole rings is 1. The van der Waals surface area contributed by atoms with Crippen LogP contribution in [0.25, 0.3) is 0 Å². The minimum Gasteiger partial charge on any atom is -0.492 e. The fraction of sp³-hybridized carbons (Fsp3) is 0.333. The molecule has 0 unspecified atom stereocenters. The molecule has 20 heavy (non-hydrogen) atoms. The number of para-hydroxylation sites is 1. The van der Waals surface area contributed by atoms with Crippen molar-refractivity contribution in [3.8, 4) is 5.75 Å². The van der Waals surface area contributed by atoms with E-state index in [0.717, 1.165) is 22.7 Å². The molecule has 3 rings (SSSR count). The molecule has 5 heteroatoms. The van der Waals surface area contributed by atoms with Crippen LogP contribution in [0.2, 0.25) is 0 Å². The van der Waals surface area contributed by atoms with Gasteiger partial charge in [-0.3, -0.25) is 4.79 Å². The molecule has 0 N–H and O–H groups in total. The van der Waals surface area contributed by atoms with Gasteiger partial charge >= 0.3 is 0 Å². The number of fused-ring (bicyclic) bond motifs is 1. The third-order valence-electron chi connectivity index (χ3n) is 3.46. The zero-order chi connectivity index (χ0) is 13.9. The monoisotopic (exact) mass is 288 g/mol. The lowest BCUT2D eigenvalue weighted by molar-refractivity contribution is -0.136. The lowest BCUT2D eigenvalue weighted by atomic mass is 9.95. The first-order chi connectivity index (χ1) is 9.74. The highest BCUT2D eigenvalue weighted by atomic mass is 32.1. The van der Waals surface area contributed by atoms with Crippen molar-refractivity contribution in [2.24, 2.45) is 5.92 Å². The van der Waals surface area contributed by atoms with Gasteiger partial charge in [-0.2, -0.15) is 0 Å². The predicted octanol–water partition coefficient (Wildman–Crippen LogP) is 2.35. The third-order valence-corrected chi connectivity index (χ3v) is 4.22. The van der Waals surface area contributed by atoms with E-state index in [-0.39, 0.29) is 11.8 Å². The zero-order valence-electron chi connectivity index (χ0n) is 11.3. The van der Waals surface area contributed by atoms with Crippen molar-refractivity contribution in [3.63, 3.8) is 0 Å². The van der Waals surface area contributed by atoms with Gasteiger partial charge in [0.15, 0.2) is 0 Å². The maximum Gasteiger partial charge on any atom is 0.229 e. The van der Waals surface area contributed by atoms with Gasteiger partial charge in [0, 0.05) is 18.6 Å². The summed E-state index contributed by atoms with van der Waals surface area (Å²) in [7, 11) is 1.82. The lowest BCUT2D eigenvalue weighted by Crippen LogP contribution is -2.38. The molecule has 0 spiro atoms. The molecule has 2 heterocycles. The average molecular weight is 288 g/mol. The SMILES string of the molecule is CN(Cc1nccs1)C(=O)[C@H]1COc2ccccc2C1. The van der Waals surface area contributed by atoms with E-state index in [1.54, 1.807) is 22.4 Å². The molecule has 4 nitrogen and oxygen atoms in total. The van der Waals surface area contributed by atoms with E-state index in [1.807, 2.05) is 36.7 Å². The Morgan fingerprint density at radius 3 is 3.15 bits per heavy atom. The summed E-state index contributed by atoms with van der Waals surface area (Å²) in [6.07, 6.45) is 2.51. The Kier molecular flexibility index (Phi) is 3.69. The normalized spacial score (nSPS) is 17.1. The molecule has 1 amide bonds. The summed E-state index contributed by atoms with van der Waals surface area (Å²) in [6.45, 7) is 1.02. The first-order valence-electron chi connectivity index (χ1n) is 6.58. The number of aromatic nitrogens is 1. The highest BCUT2D eigenvalue weighted by Crippen LogP contribution is 2.27. The Morgan fingerprint density at radius 1 is 1.50 bits per heavy atom. The van der Waals surface area contributed by atoms with Gasteiger partial charge < -0.3 is 9.64 Å². The van der Waals surface area contributed by atoms with Crippen LogP contribution in [0.1, 0.15) is 10.6 Å². The molecular weight excluding hydrogens is 272 g/mol. The Morgan fingerprint density at radius 2 is 2.35 bits per heavy atom. The molecule has 104 valence electrons. The molecule has 0 bridgehead atoms. The first-order valence-corrected chi connectivity index (χ1v) is 7.46. The fourth-order valence-electron chi connectivity index (χ4n) is 2.41. The minimum atomic E-state index is -0.102. The lowest BCUT2D eigenvalue weighted by Gasteiger charge is -2.27. The smallest absolute Gasteiger partial charge is 0.229 e. The summed E-state index contributed by atoms with van der Waals surface area (Å²) in [6, 6.07) is 7.91. The number of nitrogens with zero attached hydrogens (tertiary/aromatic N) is 2. The topological polar surface area (TPSA) is 42.4 Å². The Labute approximate surface area is 122 Å². The van der Waals surface area contributed by atoms with E-state index in [0.29, 0.717) is 13.2 Å². The average Bonchev–Trinajstić information content (AvgIpc) is 2.99. The maximum absolute atomic E-state index is 12.5. The number of benzene rings is 1. The number of carbonyl (C=O) groups excluding carboxylic acids is 1. The second kappa shape index (κ2) is 5.63. The van der Waals surface area contributed by atoms with Gasteiger partial charge in [0.25, 0.3) is 0 Å². The Hall–Kier alpha value is -1.88. The van der Waals surface area contributed by atoms with Crippen molar-refractivity contribution in [1.29, 1.82) is 0 Å². The van der Waals surface area contributed by atoms with Gasteiger partial charge in [-0.15, -0.1) is 11.3 Å². The van der Waals surface area contributed by atoms with E-state index in [2.05, 4.69) is 4.98 Å². The third kappa shape index (κ3) is 2.67. The van der Waals surface area contributed by atoms with Gasteiger partial charge in [0.1, 0.15) is 17.4 Å². The molecule has 0 saturated carbocycles. The summed E-state index contributed by atoms with van der Waals surface area (Å²) < 4.78 is 5.68. The van der Waals surface area contributed by atoms with Crippen molar-refractivity contribution >= 4 is 17.2 Å². The molecule has 1 aromatic carbocycles. The van der Waals surface area contributed by atoms with Crippen LogP contribution in [0.4, 0.5) is 0 Å². The van der Waals surface area contributed by atoms with Gasteiger partial charge in [-0.1, -0.05) is 18.2 Å². The molecule has 0 fully saturated rings. The van der Waals surface area contributed by atoms with Crippen LogP contribution in [-0.4, -0.2) is 29.4 Å². The van der Waals surface area contributed by atoms with Gasteiger partial charge in [-0.25, -0.2) is 4.98 Å². The van der Waals surface area contributed by atoms with Crippen molar-refractivity contribution in [1.82, 2.24) is 9.88 Å².